The third kappa shape index (κ3) is 4.31. The van der Waals surface area contributed by atoms with Gasteiger partial charge in [-0.05, 0) is 61.9 Å². The first kappa shape index (κ1) is 20.0. The lowest BCUT2D eigenvalue weighted by molar-refractivity contribution is 0.0985. The van der Waals surface area contributed by atoms with E-state index in [0.29, 0.717) is 21.1 Å². The van der Waals surface area contributed by atoms with Gasteiger partial charge in [0.15, 0.2) is 5.13 Å². The van der Waals surface area contributed by atoms with Gasteiger partial charge >= 0.3 is 0 Å². The van der Waals surface area contributed by atoms with Gasteiger partial charge in [-0.2, -0.15) is 0 Å². The first-order valence-electron chi connectivity index (χ1n) is 9.54. The number of fused-ring (bicyclic) bond motifs is 1. The monoisotopic (exact) mass is 421 g/mol. The lowest BCUT2D eigenvalue weighted by Crippen LogP contribution is -2.30. The van der Waals surface area contributed by atoms with Crippen LogP contribution in [0.4, 0.5) is 9.52 Å². The molecule has 2 aromatic carbocycles. The summed E-state index contributed by atoms with van der Waals surface area (Å²) < 4.78 is 20.5. The molecular weight excluding hydrogens is 401 g/mol. The molecule has 4 aromatic rings. The smallest absolute Gasteiger partial charge is 0.260 e. The van der Waals surface area contributed by atoms with E-state index < -0.39 is 5.82 Å². The highest BCUT2D eigenvalue weighted by molar-refractivity contribution is 7.22. The molecule has 0 saturated heterocycles. The average Bonchev–Trinajstić information content (AvgIpc) is 3.18. The number of hydrogen-bond acceptors (Lipinski definition) is 5. The Hall–Kier alpha value is -3.32. The van der Waals surface area contributed by atoms with Crippen LogP contribution in [-0.2, 0) is 6.54 Å². The van der Waals surface area contributed by atoms with Gasteiger partial charge in [-0.3, -0.25) is 14.7 Å². The molecule has 0 spiro atoms. The second-order valence-corrected chi connectivity index (χ2v) is 8.04. The Balaban J connectivity index is 1.70. The van der Waals surface area contributed by atoms with Crippen molar-refractivity contribution in [1.29, 1.82) is 0 Å². The maximum atomic E-state index is 14.2. The van der Waals surface area contributed by atoms with E-state index in [-0.39, 0.29) is 24.1 Å². The summed E-state index contributed by atoms with van der Waals surface area (Å²) in [5.41, 5.74) is 1.61. The van der Waals surface area contributed by atoms with E-state index >= 15 is 0 Å². The van der Waals surface area contributed by atoms with Crippen LogP contribution in [0.2, 0.25) is 0 Å². The van der Waals surface area contributed by atoms with Gasteiger partial charge in [0, 0.05) is 18.0 Å². The molecule has 152 valence electrons. The van der Waals surface area contributed by atoms with Gasteiger partial charge in [0.25, 0.3) is 5.91 Å². The van der Waals surface area contributed by atoms with Crippen molar-refractivity contribution in [3.63, 3.8) is 0 Å². The zero-order chi connectivity index (χ0) is 21.1. The van der Waals surface area contributed by atoms with Gasteiger partial charge in [0.2, 0.25) is 0 Å². The highest BCUT2D eigenvalue weighted by Crippen LogP contribution is 2.32. The first-order valence-corrected chi connectivity index (χ1v) is 10.4. The fourth-order valence-electron chi connectivity index (χ4n) is 3.02. The molecule has 0 N–H and O–H groups in total. The van der Waals surface area contributed by atoms with Gasteiger partial charge < -0.3 is 4.74 Å². The van der Waals surface area contributed by atoms with Crippen molar-refractivity contribution < 1.29 is 13.9 Å². The molecule has 7 heteroatoms. The predicted octanol–water partition coefficient (Wildman–Crippen LogP) is 5.46. The van der Waals surface area contributed by atoms with Gasteiger partial charge in [0.1, 0.15) is 17.1 Å². The molecule has 0 saturated carbocycles. The molecule has 0 atom stereocenters. The van der Waals surface area contributed by atoms with Crippen molar-refractivity contribution in [2.75, 3.05) is 4.90 Å². The van der Waals surface area contributed by atoms with Crippen LogP contribution in [0.25, 0.3) is 10.2 Å². The van der Waals surface area contributed by atoms with Crippen LogP contribution in [0.3, 0.4) is 0 Å². The van der Waals surface area contributed by atoms with Crippen molar-refractivity contribution >= 4 is 32.6 Å². The maximum Gasteiger partial charge on any atom is 0.260 e. The van der Waals surface area contributed by atoms with E-state index in [9.17, 15) is 9.18 Å². The van der Waals surface area contributed by atoms with Gasteiger partial charge in [0.05, 0.1) is 17.3 Å². The number of nitrogens with zero attached hydrogens (tertiary/aromatic N) is 3. The van der Waals surface area contributed by atoms with Crippen LogP contribution in [0.15, 0.2) is 67.0 Å². The van der Waals surface area contributed by atoms with Crippen LogP contribution in [0, 0.1) is 5.82 Å². The molecule has 1 amide bonds. The third-order valence-electron chi connectivity index (χ3n) is 4.37. The number of rotatable bonds is 6. The largest absolute Gasteiger partial charge is 0.491 e. The molecule has 30 heavy (non-hydrogen) atoms. The number of anilines is 1. The fourth-order valence-corrected chi connectivity index (χ4v) is 4.00. The number of benzene rings is 2. The molecule has 0 radical (unpaired) electrons. The Bertz CT molecular complexity index is 1160. The molecule has 4 rings (SSSR count). The van der Waals surface area contributed by atoms with E-state index in [2.05, 4.69) is 9.97 Å². The topological polar surface area (TPSA) is 55.3 Å². The van der Waals surface area contributed by atoms with E-state index in [1.165, 1.54) is 17.4 Å². The number of thiazole rings is 1. The number of halogens is 1. The van der Waals surface area contributed by atoms with E-state index in [1.54, 1.807) is 53.7 Å². The van der Waals surface area contributed by atoms with E-state index in [1.807, 2.05) is 26.0 Å². The molecule has 0 aliphatic carbocycles. The zero-order valence-electron chi connectivity index (χ0n) is 16.6. The lowest BCUT2D eigenvalue weighted by Gasteiger charge is -2.20. The minimum Gasteiger partial charge on any atom is -0.491 e. The molecule has 0 aliphatic heterocycles. The summed E-state index contributed by atoms with van der Waals surface area (Å²) in [6, 6.07) is 15.5. The summed E-state index contributed by atoms with van der Waals surface area (Å²) in [4.78, 5) is 23.5. The maximum absolute atomic E-state index is 14.2. The molecule has 0 aliphatic rings. The van der Waals surface area contributed by atoms with Crippen molar-refractivity contribution in [2.45, 2.75) is 26.5 Å². The fraction of sp³-hybridized carbons (Fsp3) is 0.174. The number of ether oxygens (including phenoxy) is 1. The standard InChI is InChI=1S/C23H20FN3O2S/c1-15(2)29-18-10-8-17(9-11-18)22(28)27(14-16-5-4-12-25-13-16)23-26-21-19(24)6-3-7-20(21)30-23/h3-13,15H,14H2,1-2H3. The number of amides is 1. The second kappa shape index (κ2) is 8.59. The van der Waals surface area contributed by atoms with Gasteiger partial charge in [-0.25, -0.2) is 9.37 Å². The summed E-state index contributed by atoms with van der Waals surface area (Å²) in [5.74, 6) is 0.0656. The van der Waals surface area contributed by atoms with Crippen molar-refractivity contribution in [2.24, 2.45) is 0 Å². The van der Waals surface area contributed by atoms with Gasteiger partial charge in [-0.1, -0.05) is 23.5 Å². The van der Waals surface area contributed by atoms with Crippen molar-refractivity contribution in [3.8, 4) is 5.75 Å². The normalized spacial score (nSPS) is 11.1. The minimum absolute atomic E-state index is 0.0475. The third-order valence-corrected chi connectivity index (χ3v) is 5.41. The summed E-state index contributed by atoms with van der Waals surface area (Å²) in [6.45, 7) is 4.17. The minimum atomic E-state index is -0.404. The average molecular weight is 421 g/mol. The zero-order valence-corrected chi connectivity index (χ0v) is 17.4. The molecule has 0 bridgehead atoms. The second-order valence-electron chi connectivity index (χ2n) is 7.03. The van der Waals surface area contributed by atoms with Crippen LogP contribution in [0.5, 0.6) is 5.75 Å². The summed E-state index contributed by atoms with van der Waals surface area (Å²) in [6.07, 6.45) is 3.43. The van der Waals surface area contributed by atoms with Crippen molar-refractivity contribution in [3.05, 3.63) is 83.9 Å². The van der Waals surface area contributed by atoms with Crippen LogP contribution in [-0.4, -0.2) is 22.0 Å². The summed E-state index contributed by atoms with van der Waals surface area (Å²) >= 11 is 1.28. The molecule has 0 fully saturated rings. The highest BCUT2D eigenvalue weighted by Gasteiger charge is 2.23. The molecule has 2 heterocycles. The van der Waals surface area contributed by atoms with E-state index in [4.69, 9.17) is 4.74 Å². The Labute approximate surface area is 177 Å². The Kier molecular flexibility index (Phi) is 5.72. The van der Waals surface area contributed by atoms with Crippen LogP contribution in [0.1, 0.15) is 29.8 Å². The van der Waals surface area contributed by atoms with Crippen LogP contribution >= 0.6 is 11.3 Å². The number of hydrogen-bond donors (Lipinski definition) is 0. The lowest BCUT2D eigenvalue weighted by atomic mass is 10.1. The van der Waals surface area contributed by atoms with Crippen molar-refractivity contribution in [1.82, 2.24) is 9.97 Å². The number of carbonyl (C=O) groups is 1. The molecule has 2 aromatic heterocycles. The predicted molar refractivity (Wildman–Crippen MR) is 117 cm³/mol. The SMILES string of the molecule is CC(C)Oc1ccc(C(=O)N(Cc2cccnc2)c2nc3c(F)cccc3s2)cc1. The highest BCUT2D eigenvalue weighted by atomic mass is 32.1. The van der Waals surface area contributed by atoms with E-state index in [0.717, 1.165) is 5.56 Å². The quantitative estimate of drug-likeness (QED) is 0.415. The molecule has 0 unspecified atom stereocenters. The Morgan fingerprint density at radius 1 is 1.13 bits per heavy atom. The van der Waals surface area contributed by atoms with Gasteiger partial charge in [-0.15, -0.1) is 0 Å². The number of pyridine rings is 1. The number of para-hydroxylation sites is 1. The van der Waals surface area contributed by atoms with Crippen LogP contribution < -0.4 is 9.64 Å². The summed E-state index contributed by atoms with van der Waals surface area (Å²) in [7, 11) is 0. The number of aromatic nitrogens is 2. The Morgan fingerprint density at radius 2 is 1.93 bits per heavy atom. The first-order chi connectivity index (χ1) is 14.5. The molecular formula is C23H20FN3O2S. The number of carbonyl (C=O) groups excluding carboxylic acids is 1. The summed E-state index contributed by atoms with van der Waals surface area (Å²) in [5, 5.41) is 0.437. The molecule has 5 nitrogen and oxygen atoms in total. The Morgan fingerprint density at radius 3 is 2.60 bits per heavy atom.